The molecule has 1 aromatic carbocycles. The summed E-state index contributed by atoms with van der Waals surface area (Å²) in [7, 11) is 3.17. The maximum absolute atomic E-state index is 11.1. The summed E-state index contributed by atoms with van der Waals surface area (Å²) in [4.78, 5) is 11.1. The largest absolute Gasteiger partial charge is 0.493 e. The molecule has 0 unspecified atom stereocenters. The van der Waals surface area contributed by atoms with Gasteiger partial charge in [0.05, 0.1) is 30.0 Å². The number of rotatable bonds is 4. The Hall–Kier alpha value is -2.81. The van der Waals surface area contributed by atoms with Crippen molar-refractivity contribution in [1.82, 2.24) is 9.78 Å². The third-order valence-corrected chi connectivity index (χ3v) is 2.83. The number of carbonyl (C=O) groups is 1. The van der Waals surface area contributed by atoms with Gasteiger partial charge >= 0.3 is 0 Å². The SMILES string of the molecule is COc1cc(C#N)ccc1Oc1c(C=O)c(C)nn1C. The zero-order valence-electron chi connectivity index (χ0n) is 11.4. The Bertz CT molecular complexity index is 698. The van der Waals surface area contributed by atoms with Crippen LogP contribution in [0.25, 0.3) is 0 Å². The lowest BCUT2D eigenvalue weighted by atomic mass is 10.2. The van der Waals surface area contributed by atoms with E-state index in [0.29, 0.717) is 40.5 Å². The van der Waals surface area contributed by atoms with Crippen LogP contribution >= 0.6 is 0 Å². The summed E-state index contributed by atoms with van der Waals surface area (Å²) in [6.45, 7) is 1.73. The molecule has 0 spiro atoms. The molecule has 0 aliphatic carbocycles. The lowest BCUT2D eigenvalue weighted by Crippen LogP contribution is -1.98. The minimum absolute atomic E-state index is 0.334. The van der Waals surface area contributed by atoms with Gasteiger partial charge in [-0.1, -0.05) is 0 Å². The monoisotopic (exact) mass is 271 g/mol. The first kappa shape index (κ1) is 13.6. The van der Waals surface area contributed by atoms with Crippen LogP contribution in [-0.4, -0.2) is 23.2 Å². The molecule has 0 aliphatic rings. The predicted octanol–water partition coefficient (Wildman–Crippen LogP) is 2.21. The molecular weight excluding hydrogens is 258 g/mol. The highest BCUT2D eigenvalue weighted by molar-refractivity contribution is 5.80. The summed E-state index contributed by atoms with van der Waals surface area (Å²) in [5.74, 6) is 1.16. The Morgan fingerprint density at radius 2 is 2.15 bits per heavy atom. The van der Waals surface area contributed by atoms with Crippen LogP contribution in [0.3, 0.4) is 0 Å². The summed E-state index contributed by atoms with van der Waals surface area (Å²) in [5.41, 5.74) is 1.44. The van der Waals surface area contributed by atoms with E-state index in [4.69, 9.17) is 14.7 Å². The molecule has 0 bridgehead atoms. The molecule has 102 valence electrons. The molecule has 0 atom stereocenters. The smallest absolute Gasteiger partial charge is 0.228 e. The van der Waals surface area contributed by atoms with Gasteiger partial charge in [0.25, 0.3) is 0 Å². The Labute approximate surface area is 116 Å². The van der Waals surface area contributed by atoms with Gasteiger partial charge < -0.3 is 9.47 Å². The molecule has 1 aromatic heterocycles. The van der Waals surface area contributed by atoms with Crippen LogP contribution in [0, 0.1) is 18.3 Å². The van der Waals surface area contributed by atoms with Gasteiger partial charge in [-0.05, 0) is 19.1 Å². The first-order valence-corrected chi connectivity index (χ1v) is 5.85. The van der Waals surface area contributed by atoms with Gasteiger partial charge in [-0.15, -0.1) is 0 Å². The van der Waals surface area contributed by atoms with E-state index in [1.807, 2.05) is 6.07 Å². The molecule has 0 radical (unpaired) electrons. The number of benzene rings is 1. The number of nitriles is 1. The van der Waals surface area contributed by atoms with Crippen molar-refractivity contribution in [2.45, 2.75) is 6.92 Å². The maximum Gasteiger partial charge on any atom is 0.228 e. The lowest BCUT2D eigenvalue weighted by Gasteiger charge is -2.10. The van der Waals surface area contributed by atoms with Gasteiger partial charge in [0, 0.05) is 13.1 Å². The van der Waals surface area contributed by atoms with Crippen LogP contribution in [0.1, 0.15) is 21.6 Å². The highest BCUT2D eigenvalue weighted by Crippen LogP contribution is 2.33. The Kier molecular flexibility index (Phi) is 3.71. The average molecular weight is 271 g/mol. The third-order valence-electron chi connectivity index (χ3n) is 2.83. The molecule has 6 heteroatoms. The van der Waals surface area contributed by atoms with Crippen molar-refractivity contribution in [2.24, 2.45) is 7.05 Å². The van der Waals surface area contributed by atoms with Crippen molar-refractivity contribution in [3.8, 4) is 23.4 Å². The second-order valence-corrected chi connectivity index (χ2v) is 4.13. The fraction of sp³-hybridized carbons (Fsp3) is 0.214. The van der Waals surface area contributed by atoms with E-state index in [2.05, 4.69) is 5.10 Å². The van der Waals surface area contributed by atoms with E-state index < -0.39 is 0 Å². The standard InChI is InChI=1S/C14H13N3O3/c1-9-11(8-18)14(17(2)16-9)20-12-5-4-10(7-15)6-13(12)19-3/h4-6,8H,1-3H3. The van der Waals surface area contributed by atoms with Crippen molar-refractivity contribution in [1.29, 1.82) is 5.26 Å². The van der Waals surface area contributed by atoms with Gasteiger partial charge in [0.2, 0.25) is 5.88 Å². The van der Waals surface area contributed by atoms with Gasteiger partial charge in [-0.3, -0.25) is 4.79 Å². The molecule has 1 heterocycles. The molecule has 0 saturated carbocycles. The molecule has 2 rings (SSSR count). The molecule has 0 N–H and O–H groups in total. The summed E-state index contributed by atoms with van der Waals surface area (Å²) in [6.07, 6.45) is 0.702. The van der Waals surface area contributed by atoms with Crippen molar-refractivity contribution in [2.75, 3.05) is 7.11 Å². The fourth-order valence-electron chi connectivity index (χ4n) is 1.84. The molecule has 2 aromatic rings. The van der Waals surface area contributed by atoms with Crippen LogP contribution in [0.4, 0.5) is 0 Å². The number of carbonyl (C=O) groups excluding carboxylic acids is 1. The normalized spacial score (nSPS) is 9.90. The number of aromatic nitrogens is 2. The van der Waals surface area contributed by atoms with Crippen LogP contribution < -0.4 is 9.47 Å². The first-order valence-electron chi connectivity index (χ1n) is 5.85. The zero-order valence-corrected chi connectivity index (χ0v) is 11.4. The molecule has 0 aliphatic heterocycles. The van der Waals surface area contributed by atoms with Crippen LogP contribution in [0.15, 0.2) is 18.2 Å². The van der Waals surface area contributed by atoms with E-state index >= 15 is 0 Å². The molecule has 0 saturated heterocycles. The van der Waals surface area contributed by atoms with Crippen LogP contribution in [0.2, 0.25) is 0 Å². The number of methoxy groups -OCH3 is 1. The lowest BCUT2D eigenvalue weighted by molar-refractivity contribution is 0.112. The van der Waals surface area contributed by atoms with Crippen LogP contribution in [0.5, 0.6) is 17.4 Å². The Morgan fingerprint density at radius 3 is 2.75 bits per heavy atom. The summed E-state index contributed by atoms with van der Waals surface area (Å²) < 4.78 is 12.4. The average Bonchev–Trinajstić information content (AvgIpc) is 2.73. The van der Waals surface area contributed by atoms with Crippen LogP contribution in [-0.2, 0) is 7.05 Å². The van der Waals surface area contributed by atoms with E-state index in [-0.39, 0.29) is 0 Å². The van der Waals surface area contributed by atoms with Crippen molar-refractivity contribution >= 4 is 6.29 Å². The summed E-state index contributed by atoms with van der Waals surface area (Å²) in [6, 6.07) is 6.82. The fourth-order valence-corrected chi connectivity index (χ4v) is 1.84. The second kappa shape index (κ2) is 5.45. The second-order valence-electron chi connectivity index (χ2n) is 4.13. The van der Waals surface area contributed by atoms with Crippen molar-refractivity contribution in [3.05, 3.63) is 35.0 Å². The molecule has 0 fully saturated rings. The van der Waals surface area contributed by atoms with E-state index in [9.17, 15) is 4.79 Å². The minimum atomic E-state index is 0.334. The summed E-state index contributed by atoms with van der Waals surface area (Å²) >= 11 is 0. The van der Waals surface area contributed by atoms with Gasteiger partial charge in [0.1, 0.15) is 0 Å². The molecular formula is C14H13N3O3. The number of hydrogen-bond acceptors (Lipinski definition) is 5. The highest BCUT2D eigenvalue weighted by Gasteiger charge is 2.16. The van der Waals surface area contributed by atoms with E-state index in [1.165, 1.54) is 11.8 Å². The zero-order chi connectivity index (χ0) is 14.7. The Balaban J connectivity index is 2.45. The predicted molar refractivity (Wildman–Crippen MR) is 71.1 cm³/mol. The number of hydrogen-bond donors (Lipinski definition) is 0. The van der Waals surface area contributed by atoms with Crippen molar-refractivity contribution < 1.29 is 14.3 Å². The molecule has 0 amide bonds. The van der Waals surface area contributed by atoms with Crippen molar-refractivity contribution in [3.63, 3.8) is 0 Å². The Morgan fingerprint density at radius 1 is 1.40 bits per heavy atom. The maximum atomic E-state index is 11.1. The van der Waals surface area contributed by atoms with E-state index in [1.54, 1.807) is 32.2 Å². The third kappa shape index (κ3) is 2.34. The van der Waals surface area contributed by atoms with Gasteiger partial charge in [0.15, 0.2) is 17.8 Å². The molecule has 6 nitrogen and oxygen atoms in total. The first-order chi connectivity index (χ1) is 9.60. The molecule has 20 heavy (non-hydrogen) atoms. The van der Waals surface area contributed by atoms with Gasteiger partial charge in [-0.2, -0.15) is 10.4 Å². The quantitative estimate of drug-likeness (QED) is 0.797. The number of aryl methyl sites for hydroxylation is 2. The number of nitrogens with zero attached hydrogens (tertiary/aromatic N) is 3. The van der Waals surface area contributed by atoms with Gasteiger partial charge in [-0.25, -0.2) is 4.68 Å². The minimum Gasteiger partial charge on any atom is -0.493 e. The summed E-state index contributed by atoms with van der Waals surface area (Å²) in [5, 5.41) is 13.0. The van der Waals surface area contributed by atoms with E-state index in [0.717, 1.165) is 0 Å². The highest BCUT2D eigenvalue weighted by atomic mass is 16.5. The number of ether oxygens (including phenoxy) is 2. The topological polar surface area (TPSA) is 77.1 Å². The number of aldehydes is 1.